The molecule has 2 N–H and O–H groups in total. The van der Waals surface area contributed by atoms with Crippen LogP contribution in [0.1, 0.15) is 80.2 Å². The van der Waals surface area contributed by atoms with Crippen molar-refractivity contribution in [2.75, 3.05) is 19.8 Å². The van der Waals surface area contributed by atoms with Crippen LogP contribution in [-0.4, -0.2) is 25.4 Å². The number of nitrogens with two attached hydrogens (primary N) is 1. The molecule has 0 aliphatic carbocycles. The fourth-order valence-corrected chi connectivity index (χ4v) is 4.44. The summed E-state index contributed by atoms with van der Waals surface area (Å²) in [6, 6.07) is 10.4. The van der Waals surface area contributed by atoms with Crippen LogP contribution in [-0.2, 0) is 16.1 Å². The van der Waals surface area contributed by atoms with Crippen LogP contribution < -0.4 is 5.73 Å². The van der Waals surface area contributed by atoms with E-state index in [4.69, 9.17) is 15.2 Å². The van der Waals surface area contributed by atoms with Gasteiger partial charge in [0.05, 0.1) is 19.8 Å². The van der Waals surface area contributed by atoms with E-state index in [0.717, 1.165) is 39.1 Å². The summed E-state index contributed by atoms with van der Waals surface area (Å²) >= 11 is 0. The zero-order chi connectivity index (χ0) is 21.5. The Morgan fingerprint density at radius 3 is 1.79 bits per heavy atom. The summed E-state index contributed by atoms with van der Waals surface area (Å²) in [5.41, 5.74) is 7.71. The van der Waals surface area contributed by atoms with Crippen molar-refractivity contribution in [1.82, 2.24) is 0 Å². The van der Waals surface area contributed by atoms with E-state index in [1.165, 1.54) is 5.56 Å². The minimum absolute atomic E-state index is 0.0924. The molecule has 0 spiro atoms. The van der Waals surface area contributed by atoms with E-state index in [1.54, 1.807) is 0 Å². The van der Waals surface area contributed by atoms with Crippen molar-refractivity contribution >= 4 is 0 Å². The molecule has 3 heteroatoms. The van der Waals surface area contributed by atoms with Gasteiger partial charge in [0.15, 0.2) is 0 Å². The average molecular weight is 392 g/mol. The molecule has 162 valence electrons. The highest BCUT2D eigenvalue weighted by molar-refractivity contribution is 5.13. The van der Waals surface area contributed by atoms with Gasteiger partial charge in [-0.05, 0) is 54.9 Å². The van der Waals surface area contributed by atoms with Gasteiger partial charge < -0.3 is 15.2 Å². The van der Waals surface area contributed by atoms with Gasteiger partial charge in [0.25, 0.3) is 0 Å². The summed E-state index contributed by atoms with van der Waals surface area (Å²) in [5.74, 6) is 0. The number of rotatable bonds is 13. The minimum Gasteiger partial charge on any atom is -0.380 e. The van der Waals surface area contributed by atoms with Crippen LogP contribution in [0.4, 0.5) is 0 Å². The van der Waals surface area contributed by atoms with Crippen LogP contribution in [0.5, 0.6) is 0 Å². The van der Waals surface area contributed by atoms with Gasteiger partial charge in [-0.25, -0.2) is 0 Å². The first kappa shape index (κ1) is 25.1. The second-order valence-electron chi connectivity index (χ2n) is 11.6. The molecule has 0 radical (unpaired) electrons. The highest BCUT2D eigenvalue weighted by Crippen LogP contribution is 2.37. The lowest BCUT2D eigenvalue weighted by Gasteiger charge is -2.37. The summed E-state index contributed by atoms with van der Waals surface area (Å²) in [4.78, 5) is 0. The first-order valence-electron chi connectivity index (χ1n) is 10.7. The predicted octanol–water partition coefficient (Wildman–Crippen LogP) is 6.21. The lowest BCUT2D eigenvalue weighted by Crippen LogP contribution is -2.39. The SMILES string of the molecule is CC(C)(N)CC(C)(C)COCC(C)(C)CC(C)(C)CCOCc1ccccc1. The fraction of sp³-hybridized carbons (Fsp3) is 0.760. The first-order valence-corrected chi connectivity index (χ1v) is 10.7. The molecular weight excluding hydrogens is 346 g/mol. The molecule has 0 heterocycles. The van der Waals surface area contributed by atoms with Crippen LogP contribution in [0.15, 0.2) is 30.3 Å². The van der Waals surface area contributed by atoms with Crippen molar-refractivity contribution < 1.29 is 9.47 Å². The maximum absolute atomic E-state index is 6.19. The van der Waals surface area contributed by atoms with Crippen molar-refractivity contribution in [1.29, 1.82) is 0 Å². The van der Waals surface area contributed by atoms with Gasteiger partial charge in [-0.3, -0.25) is 0 Å². The molecule has 0 fully saturated rings. The molecular formula is C25H45NO2. The summed E-state index contributed by atoms with van der Waals surface area (Å²) < 4.78 is 12.1. The highest BCUT2D eigenvalue weighted by Gasteiger charge is 2.31. The first-order chi connectivity index (χ1) is 12.7. The summed E-state index contributed by atoms with van der Waals surface area (Å²) in [7, 11) is 0. The summed E-state index contributed by atoms with van der Waals surface area (Å²) in [6.45, 7) is 20.9. The Morgan fingerprint density at radius 1 is 0.714 bits per heavy atom. The average Bonchev–Trinajstić information content (AvgIpc) is 2.48. The molecule has 0 atom stereocenters. The lowest BCUT2D eigenvalue weighted by atomic mass is 9.74. The Kier molecular flexibility index (Phi) is 9.18. The van der Waals surface area contributed by atoms with E-state index in [9.17, 15) is 0 Å². The Bertz CT molecular complexity index is 556. The zero-order valence-electron chi connectivity index (χ0n) is 19.7. The molecule has 0 aliphatic heterocycles. The third-order valence-corrected chi connectivity index (χ3v) is 4.91. The highest BCUT2D eigenvalue weighted by atomic mass is 16.5. The standard InChI is InChI=1S/C25H45NO2/c1-22(2,14-15-27-16-21-12-10-9-11-13-21)17-23(3,4)19-28-20-24(5,6)18-25(7,8)26/h9-13H,14-20,26H2,1-8H3. The molecule has 0 saturated heterocycles. The fourth-order valence-electron chi connectivity index (χ4n) is 4.44. The van der Waals surface area contributed by atoms with Gasteiger partial charge in [-0.1, -0.05) is 71.9 Å². The summed E-state index contributed by atoms with van der Waals surface area (Å²) in [6.07, 6.45) is 3.11. The maximum atomic E-state index is 6.19. The number of hydrogen-bond donors (Lipinski definition) is 1. The Morgan fingerprint density at radius 2 is 1.25 bits per heavy atom. The van der Waals surface area contributed by atoms with E-state index in [1.807, 2.05) is 6.07 Å². The molecule has 0 saturated carbocycles. The number of ether oxygens (including phenoxy) is 2. The monoisotopic (exact) mass is 391 g/mol. The molecule has 0 aliphatic rings. The summed E-state index contributed by atoms with van der Waals surface area (Å²) in [5, 5.41) is 0. The largest absolute Gasteiger partial charge is 0.380 e. The minimum atomic E-state index is -0.163. The molecule has 1 rings (SSSR count). The second kappa shape index (κ2) is 10.2. The molecule has 0 bridgehead atoms. The van der Waals surface area contributed by atoms with Gasteiger partial charge in [0.2, 0.25) is 0 Å². The van der Waals surface area contributed by atoms with Crippen LogP contribution in [0.2, 0.25) is 0 Å². The van der Waals surface area contributed by atoms with Gasteiger partial charge >= 0.3 is 0 Å². The molecule has 0 unspecified atom stereocenters. The van der Waals surface area contributed by atoms with E-state index < -0.39 is 0 Å². The van der Waals surface area contributed by atoms with Crippen molar-refractivity contribution in [3.8, 4) is 0 Å². The third kappa shape index (κ3) is 11.8. The van der Waals surface area contributed by atoms with Gasteiger partial charge in [-0.2, -0.15) is 0 Å². The normalized spacial score (nSPS) is 13.8. The van der Waals surface area contributed by atoms with Crippen LogP contribution >= 0.6 is 0 Å². The molecule has 3 nitrogen and oxygen atoms in total. The van der Waals surface area contributed by atoms with Crippen molar-refractivity contribution in [2.24, 2.45) is 22.0 Å². The van der Waals surface area contributed by atoms with E-state index in [0.29, 0.717) is 6.61 Å². The van der Waals surface area contributed by atoms with Gasteiger partial charge in [0.1, 0.15) is 0 Å². The molecule has 1 aromatic carbocycles. The maximum Gasteiger partial charge on any atom is 0.0716 e. The topological polar surface area (TPSA) is 44.5 Å². The van der Waals surface area contributed by atoms with Gasteiger partial charge in [-0.15, -0.1) is 0 Å². The van der Waals surface area contributed by atoms with Crippen LogP contribution in [0.25, 0.3) is 0 Å². The van der Waals surface area contributed by atoms with Crippen molar-refractivity contribution in [3.05, 3.63) is 35.9 Å². The lowest BCUT2D eigenvalue weighted by molar-refractivity contribution is -0.0117. The Hall–Kier alpha value is -0.900. The number of hydrogen-bond acceptors (Lipinski definition) is 3. The molecule has 1 aromatic rings. The van der Waals surface area contributed by atoms with Crippen LogP contribution in [0, 0.1) is 16.2 Å². The van der Waals surface area contributed by atoms with E-state index >= 15 is 0 Å². The van der Waals surface area contributed by atoms with Crippen LogP contribution in [0.3, 0.4) is 0 Å². The Balaban J connectivity index is 2.35. The van der Waals surface area contributed by atoms with Crippen molar-refractivity contribution in [3.63, 3.8) is 0 Å². The Labute approximate surface area is 174 Å². The van der Waals surface area contributed by atoms with E-state index in [-0.39, 0.29) is 21.8 Å². The quantitative estimate of drug-likeness (QED) is 0.407. The predicted molar refractivity (Wildman–Crippen MR) is 120 cm³/mol. The molecule has 0 aromatic heterocycles. The van der Waals surface area contributed by atoms with Gasteiger partial charge in [0, 0.05) is 12.1 Å². The zero-order valence-corrected chi connectivity index (χ0v) is 19.7. The molecule has 0 amide bonds. The smallest absolute Gasteiger partial charge is 0.0716 e. The van der Waals surface area contributed by atoms with E-state index in [2.05, 4.69) is 79.7 Å². The third-order valence-electron chi connectivity index (χ3n) is 4.91. The molecule has 28 heavy (non-hydrogen) atoms. The van der Waals surface area contributed by atoms with Crippen molar-refractivity contribution in [2.45, 2.75) is 86.8 Å². The second-order valence-corrected chi connectivity index (χ2v) is 11.6. The number of benzene rings is 1.